The van der Waals surface area contributed by atoms with E-state index in [1.165, 1.54) is 12.1 Å². The van der Waals surface area contributed by atoms with Gasteiger partial charge in [0.2, 0.25) is 0 Å². The SMILES string of the molecule is CC(CCCCO)NC(=O)NCc1ccc(C(=O)O)cc1. The topological polar surface area (TPSA) is 98.7 Å². The maximum atomic E-state index is 11.7. The molecule has 0 heterocycles. The van der Waals surface area contributed by atoms with Gasteiger partial charge in [-0.2, -0.15) is 0 Å². The van der Waals surface area contributed by atoms with Crippen molar-refractivity contribution >= 4 is 12.0 Å². The van der Waals surface area contributed by atoms with Crippen LogP contribution in [0.3, 0.4) is 0 Å². The van der Waals surface area contributed by atoms with Crippen LogP contribution in [0.1, 0.15) is 42.1 Å². The molecule has 0 spiro atoms. The second-order valence-corrected chi connectivity index (χ2v) is 4.95. The molecular weight excluding hydrogens is 272 g/mol. The van der Waals surface area contributed by atoms with E-state index in [2.05, 4.69) is 10.6 Å². The minimum atomic E-state index is -0.969. The van der Waals surface area contributed by atoms with E-state index in [1.54, 1.807) is 12.1 Å². The first kappa shape index (κ1) is 17.0. The maximum Gasteiger partial charge on any atom is 0.335 e. The Morgan fingerprint density at radius 3 is 2.43 bits per heavy atom. The van der Waals surface area contributed by atoms with Crippen LogP contribution in [-0.2, 0) is 6.54 Å². The van der Waals surface area contributed by atoms with Gasteiger partial charge < -0.3 is 20.8 Å². The van der Waals surface area contributed by atoms with Gasteiger partial charge in [0.05, 0.1) is 5.56 Å². The number of rotatable bonds is 8. The van der Waals surface area contributed by atoms with E-state index in [1.807, 2.05) is 6.92 Å². The van der Waals surface area contributed by atoms with Gasteiger partial charge in [0.1, 0.15) is 0 Å². The molecule has 0 aliphatic heterocycles. The van der Waals surface area contributed by atoms with Gasteiger partial charge in [-0.1, -0.05) is 12.1 Å². The van der Waals surface area contributed by atoms with Gasteiger partial charge in [0, 0.05) is 19.2 Å². The Kier molecular flexibility index (Phi) is 7.25. The van der Waals surface area contributed by atoms with Crippen LogP contribution in [0, 0.1) is 0 Å². The van der Waals surface area contributed by atoms with E-state index >= 15 is 0 Å². The van der Waals surface area contributed by atoms with E-state index < -0.39 is 5.97 Å². The third kappa shape index (κ3) is 6.76. The molecule has 0 fully saturated rings. The molecule has 1 unspecified atom stereocenters. The summed E-state index contributed by atoms with van der Waals surface area (Å²) in [5, 5.41) is 23.0. The van der Waals surface area contributed by atoms with Crippen LogP contribution in [0.25, 0.3) is 0 Å². The van der Waals surface area contributed by atoms with Crippen LogP contribution in [0.2, 0.25) is 0 Å². The Hall–Kier alpha value is -2.08. The molecule has 6 nitrogen and oxygen atoms in total. The smallest absolute Gasteiger partial charge is 0.335 e. The van der Waals surface area contributed by atoms with Gasteiger partial charge in [-0.15, -0.1) is 0 Å². The zero-order valence-corrected chi connectivity index (χ0v) is 12.1. The Labute approximate surface area is 124 Å². The Bertz CT molecular complexity index is 459. The quantitative estimate of drug-likeness (QED) is 0.549. The number of hydrogen-bond acceptors (Lipinski definition) is 3. The fourth-order valence-electron chi connectivity index (χ4n) is 1.86. The van der Waals surface area contributed by atoms with Crippen LogP contribution in [-0.4, -0.2) is 34.9 Å². The first-order valence-electron chi connectivity index (χ1n) is 7.00. The number of amides is 2. The number of aromatic carboxylic acids is 1. The summed E-state index contributed by atoms with van der Waals surface area (Å²) >= 11 is 0. The van der Waals surface area contributed by atoms with Crippen LogP contribution >= 0.6 is 0 Å². The molecule has 0 radical (unpaired) electrons. The number of urea groups is 1. The largest absolute Gasteiger partial charge is 0.478 e. The molecule has 0 aromatic heterocycles. The van der Waals surface area contributed by atoms with Crippen molar-refractivity contribution in [2.45, 2.75) is 38.8 Å². The van der Waals surface area contributed by atoms with Crippen LogP contribution in [0.15, 0.2) is 24.3 Å². The molecule has 116 valence electrons. The van der Waals surface area contributed by atoms with Crippen molar-refractivity contribution < 1.29 is 19.8 Å². The average Bonchev–Trinajstić information content (AvgIpc) is 2.46. The monoisotopic (exact) mass is 294 g/mol. The van der Waals surface area contributed by atoms with Crippen molar-refractivity contribution in [3.8, 4) is 0 Å². The van der Waals surface area contributed by atoms with E-state index in [0.717, 1.165) is 24.8 Å². The minimum Gasteiger partial charge on any atom is -0.478 e. The van der Waals surface area contributed by atoms with E-state index in [0.29, 0.717) is 6.54 Å². The average molecular weight is 294 g/mol. The van der Waals surface area contributed by atoms with Crippen molar-refractivity contribution in [1.29, 1.82) is 0 Å². The van der Waals surface area contributed by atoms with Crippen LogP contribution in [0.5, 0.6) is 0 Å². The minimum absolute atomic E-state index is 0.0472. The number of benzene rings is 1. The number of carbonyl (C=O) groups is 2. The Morgan fingerprint density at radius 1 is 1.19 bits per heavy atom. The van der Waals surface area contributed by atoms with Crippen molar-refractivity contribution in [1.82, 2.24) is 10.6 Å². The van der Waals surface area contributed by atoms with Gasteiger partial charge in [0.15, 0.2) is 0 Å². The van der Waals surface area contributed by atoms with Crippen molar-refractivity contribution in [3.05, 3.63) is 35.4 Å². The van der Waals surface area contributed by atoms with Gasteiger partial charge in [-0.3, -0.25) is 0 Å². The first-order chi connectivity index (χ1) is 10.0. The standard InChI is InChI=1S/C15H22N2O4/c1-11(4-2-3-9-18)17-15(21)16-10-12-5-7-13(8-6-12)14(19)20/h5-8,11,18H,2-4,9-10H2,1H3,(H,19,20)(H2,16,17,21). The highest BCUT2D eigenvalue weighted by Gasteiger charge is 2.07. The highest BCUT2D eigenvalue weighted by Crippen LogP contribution is 2.04. The molecule has 0 saturated carbocycles. The molecule has 2 amide bonds. The fourth-order valence-corrected chi connectivity index (χ4v) is 1.86. The molecule has 1 rings (SSSR count). The Balaban J connectivity index is 2.30. The molecule has 0 aliphatic carbocycles. The summed E-state index contributed by atoms with van der Waals surface area (Å²) < 4.78 is 0. The fraction of sp³-hybridized carbons (Fsp3) is 0.467. The molecule has 21 heavy (non-hydrogen) atoms. The zero-order chi connectivity index (χ0) is 15.7. The third-order valence-corrected chi connectivity index (χ3v) is 3.08. The summed E-state index contributed by atoms with van der Waals surface area (Å²) in [4.78, 5) is 22.4. The normalized spacial score (nSPS) is 11.7. The number of aliphatic hydroxyl groups excluding tert-OH is 1. The Morgan fingerprint density at radius 2 is 1.86 bits per heavy atom. The summed E-state index contributed by atoms with van der Waals surface area (Å²) in [5.74, 6) is -0.969. The predicted molar refractivity (Wildman–Crippen MR) is 79.2 cm³/mol. The van der Waals surface area contributed by atoms with Crippen molar-refractivity contribution in [3.63, 3.8) is 0 Å². The number of unbranched alkanes of at least 4 members (excludes halogenated alkanes) is 1. The number of carboxylic acid groups (broad SMARTS) is 1. The highest BCUT2D eigenvalue weighted by molar-refractivity contribution is 5.87. The predicted octanol–water partition coefficient (Wildman–Crippen LogP) is 1.74. The van der Waals surface area contributed by atoms with Gasteiger partial charge in [0.25, 0.3) is 0 Å². The number of carbonyl (C=O) groups excluding carboxylic acids is 1. The first-order valence-corrected chi connectivity index (χ1v) is 7.00. The van der Waals surface area contributed by atoms with E-state index in [4.69, 9.17) is 10.2 Å². The molecule has 1 atom stereocenters. The molecular formula is C15H22N2O4. The second kappa shape index (κ2) is 8.97. The molecule has 0 saturated heterocycles. The zero-order valence-electron chi connectivity index (χ0n) is 12.1. The lowest BCUT2D eigenvalue weighted by Crippen LogP contribution is -2.40. The molecule has 0 aliphatic rings. The summed E-state index contributed by atoms with van der Waals surface area (Å²) in [6.07, 6.45) is 2.43. The van der Waals surface area contributed by atoms with Gasteiger partial charge >= 0.3 is 12.0 Å². The summed E-state index contributed by atoms with van der Waals surface area (Å²) in [5.41, 5.74) is 1.06. The second-order valence-electron chi connectivity index (χ2n) is 4.95. The highest BCUT2D eigenvalue weighted by atomic mass is 16.4. The molecule has 1 aromatic carbocycles. The summed E-state index contributed by atoms with van der Waals surface area (Å²) in [6.45, 7) is 2.43. The molecule has 1 aromatic rings. The maximum absolute atomic E-state index is 11.7. The van der Waals surface area contributed by atoms with Gasteiger partial charge in [-0.05, 0) is 43.9 Å². The number of carboxylic acids is 1. The lowest BCUT2D eigenvalue weighted by atomic mass is 10.1. The number of nitrogens with one attached hydrogen (secondary N) is 2. The lowest BCUT2D eigenvalue weighted by Gasteiger charge is -2.14. The van der Waals surface area contributed by atoms with E-state index in [-0.39, 0.29) is 24.2 Å². The third-order valence-electron chi connectivity index (χ3n) is 3.08. The van der Waals surface area contributed by atoms with Crippen LogP contribution < -0.4 is 10.6 Å². The molecule has 4 N–H and O–H groups in total. The lowest BCUT2D eigenvalue weighted by molar-refractivity contribution is 0.0697. The summed E-state index contributed by atoms with van der Waals surface area (Å²) in [7, 11) is 0. The number of hydrogen-bond donors (Lipinski definition) is 4. The van der Waals surface area contributed by atoms with Crippen LogP contribution in [0.4, 0.5) is 4.79 Å². The van der Waals surface area contributed by atoms with E-state index in [9.17, 15) is 9.59 Å². The number of aliphatic hydroxyl groups is 1. The van der Waals surface area contributed by atoms with Crippen molar-refractivity contribution in [2.24, 2.45) is 0 Å². The van der Waals surface area contributed by atoms with Crippen molar-refractivity contribution in [2.75, 3.05) is 6.61 Å². The molecule has 0 bridgehead atoms. The molecule has 6 heteroatoms. The van der Waals surface area contributed by atoms with Gasteiger partial charge in [-0.25, -0.2) is 9.59 Å². The summed E-state index contributed by atoms with van der Waals surface area (Å²) in [6, 6.07) is 6.16.